The molecule has 1 aromatic rings. The molecule has 0 atom stereocenters. The first-order valence-electron chi connectivity index (χ1n) is 3.03. The van der Waals surface area contributed by atoms with Crippen LogP contribution < -0.4 is 12.4 Å². The van der Waals surface area contributed by atoms with Crippen molar-refractivity contribution in [3.8, 4) is 0 Å². The molecule has 0 aliphatic heterocycles. The quantitative estimate of drug-likeness (QED) is 0.508. The summed E-state index contributed by atoms with van der Waals surface area (Å²) >= 11 is 0. The van der Waals surface area contributed by atoms with E-state index in [2.05, 4.69) is 17.4 Å². The smallest absolute Gasteiger partial charge is 1.00 e. The van der Waals surface area contributed by atoms with Crippen LogP contribution in [0.4, 0.5) is 0 Å². The third-order valence-electron chi connectivity index (χ3n) is 1.18. The predicted octanol–water partition coefficient (Wildman–Crippen LogP) is -1.19. The van der Waals surface area contributed by atoms with Gasteiger partial charge in [0, 0.05) is 0 Å². The molecule has 0 spiro atoms. The van der Waals surface area contributed by atoms with E-state index in [1.165, 1.54) is 5.56 Å². The van der Waals surface area contributed by atoms with Crippen LogP contribution in [0.25, 0.3) is 5.32 Å². The van der Waals surface area contributed by atoms with E-state index in [-0.39, 0.29) is 35.5 Å². The molecule has 0 aliphatic rings. The first kappa shape index (κ1) is 13.8. The van der Waals surface area contributed by atoms with E-state index in [1.807, 2.05) is 25.2 Å². The topological polar surface area (TPSA) is 14.1 Å². The van der Waals surface area contributed by atoms with Gasteiger partial charge in [-0.05, 0) is 0 Å². The molecule has 0 unspecified atom stereocenters. The van der Waals surface area contributed by atoms with E-state index in [4.69, 9.17) is 0 Å². The van der Waals surface area contributed by atoms with Crippen LogP contribution in [-0.2, 0) is 6.54 Å². The molecule has 56 valence electrons. The largest absolute Gasteiger partial charge is 2.00 e. The molecule has 0 radical (unpaired) electrons. The van der Waals surface area contributed by atoms with Crippen molar-refractivity contribution < 1.29 is 12.4 Å². The molecule has 1 rings (SSSR count). The standard InChI is InChI=1S/C8H10N.ClH.Mg/c1-9-7-8-5-3-2-4-6-8;;/h2-6H,7H2,1H3;1H;/q-1;;+2/p-1. The van der Waals surface area contributed by atoms with Crippen LogP contribution in [0.3, 0.4) is 0 Å². The van der Waals surface area contributed by atoms with Crippen LogP contribution in [0.5, 0.6) is 0 Å². The molecular formula is C8H10ClMgN. The summed E-state index contributed by atoms with van der Waals surface area (Å²) in [6, 6.07) is 10.2. The van der Waals surface area contributed by atoms with Gasteiger partial charge in [-0.2, -0.15) is 7.05 Å². The van der Waals surface area contributed by atoms with Crippen molar-refractivity contribution >= 4 is 23.1 Å². The second-order valence-corrected chi connectivity index (χ2v) is 1.96. The van der Waals surface area contributed by atoms with Crippen molar-refractivity contribution in [1.29, 1.82) is 0 Å². The number of hydrogen-bond donors (Lipinski definition) is 0. The normalized spacial score (nSPS) is 7.73. The minimum Gasteiger partial charge on any atom is -1.00 e. The van der Waals surface area contributed by atoms with Crippen LogP contribution >= 0.6 is 0 Å². The van der Waals surface area contributed by atoms with Gasteiger partial charge in [0.2, 0.25) is 0 Å². The number of hydrogen-bond acceptors (Lipinski definition) is 0. The summed E-state index contributed by atoms with van der Waals surface area (Å²) < 4.78 is 0. The zero-order valence-electron chi connectivity index (χ0n) is 6.63. The summed E-state index contributed by atoms with van der Waals surface area (Å²) in [5.41, 5.74) is 1.28. The SMILES string of the molecule is C[N-]Cc1ccccc1.[Cl-].[Mg+2]. The van der Waals surface area contributed by atoms with Gasteiger partial charge in [0.25, 0.3) is 0 Å². The third-order valence-corrected chi connectivity index (χ3v) is 1.18. The van der Waals surface area contributed by atoms with E-state index in [9.17, 15) is 0 Å². The van der Waals surface area contributed by atoms with Crippen molar-refractivity contribution in [1.82, 2.24) is 0 Å². The Kier molecular flexibility index (Phi) is 10.5. The number of nitrogens with zero attached hydrogens (tertiary/aromatic N) is 1. The Bertz CT molecular complexity index is 167. The minimum absolute atomic E-state index is 0. The molecule has 0 aromatic heterocycles. The van der Waals surface area contributed by atoms with Gasteiger partial charge in [-0.3, -0.25) is 0 Å². The molecule has 11 heavy (non-hydrogen) atoms. The van der Waals surface area contributed by atoms with Gasteiger partial charge in [0.1, 0.15) is 0 Å². The average molecular weight is 180 g/mol. The Balaban J connectivity index is 0. The molecule has 0 aliphatic carbocycles. The maximum atomic E-state index is 4.01. The third kappa shape index (κ3) is 5.50. The van der Waals surface area contributed by atoms with E-state index < -0.39 is 0 Å². The molecule has 0 heterocycles. The van der Waals surface area contributed by atoms with Gasteiger partial charge in [0.05, 0.1) is 0 Å². The van der Waals surface area contributed by atoms with E-state index >= 15 is 0 Å². The predicted molar refractivity (Wildman–Crippen MR) is 45.2 cm³/mol. The number of benzene rings is 1. The Morgan fingerprint density at radius 1 is 1.18 bits per heavy atom. The molecular weight excluding hydrogens is 170 g/mol. The van der Waals surface area contributed by atoms with Crippen LogP contribution in [0.15, 0.2) is 30.3 Å². The Hall–Kier alpha value is 0.236. The molecule has 1 nitrogen and oxygen atoms in total. The van der Waals surface area contributed by atoms with Crippen molar-refractivity contribution in [3.05, 3.63) is 41.2 Å². The summed E-state index contributed by atoms with van der Waals surface area (Å²) in [7, 11) is 1.83. The Morgan fingerprint density at radius 2 is 1.73 bits per heavy atom. The zero-order chi connectivity index (χ0) is 6.53. The van der Waals surface area contributed by atoms with Gasteiger partial charge in [-0.1, -0.05) is 35.9 Å². The van der Waals surface area contributed by atoms with E-state index in [1.54, 1.807) is 0 Å². The molecule has 1 aromatic carbocycles. The molecule has 0 bridgehead atoms. The fraction of sp³-hybridized carbons (Fsp3) is 0.250. The van der Waals surface area contributed by atoms with Crippen LogP contribution in [0.1, 0.15) is 5.56 Å². The Labute approximate surface area is 90.1 Å². The second-order valence-electron chi connectivity index (χ2n) is 1.96. The summed E-state index contributed by atoms with van der Waals surface area (Å²) in [5.74, 6) is 0. The van der Waals surface area contributed by atoms with Gasteiger partial charge >= 0.3 is 23.1 Å². The average Bonchev–Trinajstić information content (AvgIpc) is 1.91. The van der Waals surface area contributed by atoms with Crippen molar-refractivity contribution in [2.45, 2.75) is 6.54 Å². The first-order valence-corrected chi connectivity index (χ1v) is 3.03. The number of rotatable bonds is 2. The maximum Gasteiger partial charge on any atom is 2.00 e. The second kappa shape index (κ2) is 8.33. The van der Waals surface area contributed by atoms with Crippen LogP contribution in [0.2, 0.25) is 0 Å². The van der Waals surface area contributed by atoms with Crippen molar-refractivity contribution in [2.24, 2.45) is 0 Å². The Morgan fingerprint density at radius 3 is 2.18 bits per heavy atom. The summed E-state index contributed by atoms with van der Waals surface area (Å²) in [4.78, 5) is 0. The van der Waals surface area contributed by atoms with Gasteiger partial charge in [0.15, 0.2) is 0 Å². The molecule has 0 fully saturated rings. The van der Waals surface area contributed by atoms with Gasteiger partial charge < -0.3 is 17.7 Å². The molecule has 0 amide bonds. The van der Waals surface area contributed by atoms with Crippen molar-refractivity contribution in [3.63, 3.8) is 0 Å². The maximum absolute atomic E-state index is 4.01. The summed E-state index contributed by atoms with van der Waals surface area (Å²) in [6.45, 7) is 0.834. The monoisotopic (exact) mass is 179 g/mol. The summed E-state index contributed by atoms with van der Waals surface area (Å²) in [5, 5.41) is 4.01. The van der Waals surface area contributed by atoms with Gasteiger partial charge in [-0.25, -0.2) is 0 Å². The fourth-order valence-electron chi connectivity index (χ4n) is 0.766. The fourth-order valence-corrected chi connectivity index (χ4v) is 0.766. The van der Waals surface area contributed by atoms with Gasteiger partial charge in [-0.15, -0.1) is 6.54 Å². The molecule has 0 N–H and O–H groups in total. The molecule has 0 saturated carbocycles. The first-order chi connectivity index (χ1) is 4.43. The van der Waals surface area contributed by atoms with Crippen LogP contribution in [-0.4, -0.2) is 30.1 Å². The molecule has 3 heteroatoms. The van der Waals surface area contributed by atoms with Crippen LogP contribution in [0, 0.1) is 0 Å². The van der Waals surface area contributed by atoms with E-state index in [0.29, 0.717) is 0 Å². The summed E-state index contributed by atoms with van der Waals surface area (Å²) in [6.07, 6.45) is 0. The number of halogens is 1. The van der Waals surface area contributed by atoms with Crippen molar-refractivity contribution in [2.75, 3.05) is 7.05 Å². The molecule has 0 saturated heterocycles. The zero-order valence-corrected chi connectivity index (χ0v) is 8.80. The minimum atomic E-state index is 0. The van der Waals surface area contributed by atoms with E-state index in [0.717, 1.165) is 6.54 Å².